The lowest BCUT2D eigenvalue weighted by Crippen LogP contribution is -2.27. The highest BCUT2D eigenvalue weighted by atomic mass is 16.5. The number of nitrogens with zero attached hydrogens (tertiary/aromatic N) is 2. The Morgan fingerprint density at radius 2 is 2.00 bits per heavy atom. The topological polar surface area (TPSA) is 39.1 Å². The molecule has 0 amide bonds. The van der Waals surface area contributed by atoms with Crippen LogP contribution in [0, 0.1) is 6.92 Å². The molecule has 0 fully saturated rings. The Morgan fingerprint density at radius 3 is 2.55 bits per heavy atom. The summed E-state index contributed by atoms with van der Waals surface area (Å²) < 4.78 is 7.26. The maximum Gasteiger partial charge on any atom is 0.118 e. The summed E-state index contributed by atoms with van der Waals surface area (Å²) in [6, 6.07) is 10.5. The molecule has 1 atom stereocenters. The van der Waals surface area contributed by atoms with Gasteiger partial charge in [-0.2, -0.15) is 5.10 Å². The molecule has 1 aromatic heterocycles. The lowest BCUT2D eigenvalue weighted by molar-refractivity contribution is 0.412. The summed E-state index contributed by atoms with van der Waals surface area (Å²) in [5, 5.41) is 7.96. The zero-order valence-electron chi connectivity index (χ0n) is 12.5. The first-order valence-corrected chi connectivity index (χ1v) is 7.10. The molecule has 0 aliphatic heterocycles. The summed E-state index contributed by atoms with van der Waals surface area (Å²) in [5.74, 6) is 0.887. The van der Waals surface area contributed by atoms with E-state index in [1.165, 1.54) is 11.3 Å². The molecule has 0 aliphatic carbocycles. The third kappa shape index (κ3) is 3.61. The second-order valence-corrected chi connectivity index (χ2v) is 4.93. The van der Waals surface area contributed by atoms with Crippen molar-refractivity contribution in [3.63, 3.8) is 0 Å². The average Bonchev–Trinajstić information content (AvgIpc) is 2.89. The first-order chi connectivity index (χ1) is 9.74. The molecule has 1 aromatic carbocycles. The second-order valence-electron chi connectivity index (χ2n) is 4.93. The fourth-order valence-electron chi connectivity index (χ4n) is 2.21. The van der Waals surface area contributed by atoms with Gasteiger partial charge in [-0.3, -0.25) is 4.68 Å². The molecule has 1 heterocycles. The number of aromatic nitrogens is 2. The molecule has 1 N–H and O–H groups in total. The zero-order chi connectivity index (χ0) is 14.4. The molecule has 0 saturated heterocycles. The molecule has 0 saturated carbocycles. The minimum atomic E-state index is 0.263. The molecule has 0 bridgehead atoms. The normalized spacial score (nSPS) is 12.3. The van der Waals surface area contributed by atoms with Crippen molar-refractivity contribution in [2.75, 3.05) is 13.7 Å². The van der Waals surface area contributed by atoms with E-state index in [9.17, 15) is 0 Å². The van der Waals surface area contributed by atoms with Crippen LogP contribution in [-0.4, -0.2) is 23.4 Å². The van der Waals surface area contributed by atoms with Gasteiger partial charge in [0, 0.05) is 11.9 Å². The fourth-order valence-corrected chi connectivity index (χ4v) is 2.21. The van der Waals surface area contributed by atoms with Gasteiger partial charge in [0.05, 0.1) is 19.7 Å². The number of hydrogen-bond donors (Lipinski definition) is 1. The van der Waals surface area contributed by atoms with Crippen LogP contribution in [0.2, 0.25) is 0 Å². The number of nitrogens with one attached hydrogen (secondary N) is 1. The van der Waals surface area contributed by atoms with Crippen LogP contribution in [-0.2, 0) is 6.54 Å². The average molecular weight is 273 g/mol. The predicted octanol–water partition coefficient (Wildman–Crippen LogP) is 2.94. The van der Waals surface area contributed by atoms with Gasteiger partial charge in [-0.15, -0.1) is 0 Å². The zero-order valence-corrected chi connectivity index (χ0v) is 12.5. The van der Waals surface area contributed by atoms with E-state index in [0.717, 1.165) is 25.3 Å². The maximum absolute atomic E-state index is 5.22. The van der Waals surface area contributed by atoms with Crippen molar-refractivity contribution < 1.29 is 4.74 Å². The summed E-state index contributed by atoms with van der Waals surface area (Å²) in [6.07, 6.45) is 2.96. The van der Waals surface area contributed by atoms with Crippen LogP contribution in [0.4, 0.5) is 0 Å². The molecule has 1 unspecified atom stereocenters. The van der Waals surface area contributed by atoms with Crippen molar-refractivity contribution in [3.8, 4) is 5.75 Å². The van der Waals surface area contributed by atoms with Crippen LogP contribution in [0.5, 0.6) is 5.75 Å². The summed E-state index contributed by atoms with van der Waals surface area (Å²) >= 11 is 0. The third-order valence-electron chi connectivity index (χ3n) is 3.44. The first-order valence-electron chi connectivity index (χ1n) is 7.10. The van der Waals surface area contributed by atoms with Crippen molar-refractivity contribution in [1.82, 2.24) is 15.1 Å². The highest BCUT2D eigenvalue weighted by Crippen LogP contribution is 2.19. The van der Waals surface area contributed by atoms with Crippen molar-refractivity contribution in [3.05, 3.63) is 47.8 Å². The van der Waals surface area contributed by atoms with Gasteiger partial charge in [0.15, 0.2) is 0 Å². The van der Waals surface area contributed by atoms with Gasteiger partial charge in [0.25, 0.3) is 0 Å². The molecule has 2 aromatic rings. The Labute approximate surface area is 120 Å². The van der Waals surface area contributed by atoms with Gasteiger partial charge in [0.1, 0.15) is 5.75 Å². The van der Waals surface area contributed by atoms with Crippen LogP contribution >= 0.6 is 0 Å². The Balaban J connectivity index is 2.15. The second kappa shape index (κ2) is 7.10. The van der Waals surface area contributed by atoms with Gasteiger partial charge >= 0.3 is 0 Å². The third-order valence-corrected chi connectivity index (χ3v) is 3.44. The monoisotopic (exact) mass is 273 g/mol. The van der Waals surface area contributed by atoms with Gasteiger partial charge in [-0.1, -0.05) is 19.1 Å². The Kier molecular flexibility index (Phi) is 5.18. The molecule has 4 nitrogen and oxygen atoms in total. The SMILES string of the molecule is CCCNC(Cn1nccc1C)c1ccc(OC)cc1. The van der Waals surface area contributed by atoms with E-state index < -0.39 is 0 Å². The summed E-state index contributed by atoms with van der Waals surface area (Å²) in [5.41, 5.74) is 2.44. The van der Waals surface area contributed by atoms with Crippen molar-refractivity contribution in [2.45, 2.75) is 32.9 Å². The molecule has 0 aliphatic rings. The molecule has 20 heavy (non-hydrogen) atoms. The van der Waals surface area contributed by atoms with E-state index in [4.69, 9.17) is 4.74 Å². The number of hydrogen-bond acceptors (Lipinski definition) is 3. The molecule has 108 valence electrons. The Hall–Kier alpha value is -1.81. The lowest BCUT2D eigenvalue weighted by atomic mass is 10.1. The molecule has 0 spiro atoms. The molecular weight excluding hydrogens is 250 g/mol. The highest BCUT2D eigenvalue weighted by Gasteiger charge is 2.12. The Morgan fingerprint density at radius 1 is 1.25 bits per heavy atom. The quantitative estimate of drug-likeness (QED) is 0.843. The van der Waals surface area contributed by atoms with E-state index in [0.29, 0.717) is 0 Å². The fraction of sp³-hybridized carbons (Fsp3) is 0.438. The van der Waals surface area contributed by atoms with Crippen LogP contribution < -0.4 is 10.1 Å². The van der Waals surface area contributed by atoms with Gasteiger partial charge < -0.3 is 10.1 Å². The highest BCUT2D eigenvalue weighted by molar-refractivity contribution is 5.29. The number of rotatable bonds is 7. The van der Waals surface area contributed by atoms with E-state index >= 15 is 0 Å². The van der Waals surface area contributed by atoms with E-state index in [1.54, 1.807) is 7.11 Å². The van der Waals surface area contributed by atoms with Gasteiger partial charge in [-0.05, 0) is 43.7 Å². The van der Waals surface area contributed by atoms with Gasteiger partial charge in [-0.25, -0.2) is 0 Å². The number of benzene rings is 1. The Bertz CT molecular complexity index is 519. The van der Waals surface area contributed by atoms with Crippen molar-refractivity contribution in [2.24, 2.45) is 0 Å². The summed E-state index contributed by atoms with van der Waals surface area (Å²) in [4.78, 5) is 0. The molecule has 0 radical (unpaired) electrons. The standard InChI is InChI=1S/C16H23N3O/c1-4-10-17-16(12-19-13(2)9-11-18-19)14-5-7-15(20-3)8-6-14/h5-9,11,16-17H,4,10,12H2,1-3H3. The van der Waals surface area contributed by atoms with Crippen LogP contribution in [0.25, 0.3) is 0 Å². The molecule has 2 rings (SSSR count). The van der Waals surface area contributed by atoms with Crippen LogP contribution in [0.1, 0.15) is 30.6 Å². The summed E-state index contributed by atoms with van der Waals surface area (Å²) in [6.45, 7) is 6.09. The van der Waals surface area contributed by atoms with Gasteiger partial charge in [0.2, 0.25) is 0 Å². The smallest absolute Gasteiger partial charge is 0.118 e. The first kappa shape index (κ1) is 14.6. The van der Waals surface area contributed by atoms with E-state index in [-0.39, 0.29) is 6.04 Å². The van der Waals surface area contributed by atoms with Crippen LogP contribution in [0.3, 0.4) is 0 Å². The minimum Gasteiger partial charge on any atom is -0.497 e. The predicted molar refractivity (Wildman–Crippen MR) is 81.0 cm³/mol. The van der Waals surface area contributed by atoms with Crippen molar-refractivity contribution >= 4 is 0 Å². The molecular formula is C16H23N3O. The lowest BCUT2D eigenvalue weighted by Gasteiger charge is -2.20. The van der Waals surface area contributed by atoms with E-state index in [2.05, 4.69) is 36.4 Å². The van der Waals surface area contributed by atoms with Crippen LogP contribution in [0.15, 0.2) is 36.5 Å². The summed E-state index contributed by atoms with van der Waals surface area (Å²) in [7, 11) is 1.69. The maximum atomic E-state index is 5.22. The van der Waals surface area contributed by atoms with Crippen molar-refractivity contribution in [1.29, 1.82) is 0 Å². The number of aryl methyl sites for hydroxylation is 1. The van der Waals surface area contributed by atoms with E-state index in [1.807, 2.05) is 29.1 Å². The minimum absolute atomic E-state index is 0.263. The molecule has 4 heteroatoms. The number of methoxy groups -OCH3 is 1. The largest absolute Gasteiger partial charge is 0.497 e. The number of ether oxygens (including phenoxy) is 1.